The van der Waals surface area contributed by atoms with Crippen molar-refractivity contribution in [3.05, 3.63) is 45.7 Å². The Morgan fingerprint density at radius 3 is 2.88 bits per heavy atom. The number of rotatable bonds is 3. The molecule has 0 spiro atoms. The maximum Gasteiger partial charge on any atom is 0.163 e. The lowest BCUT2D eigenvalue weighted by Crippen LogP contribution is -2.06. The molecule has 0 unspecified atom stereocenters. The Balaban J connectivity index is 2.11. The summed E-state index contributed by atoms with van der Waals surface area (Å²) in [7, 11) is 0. The molecule has 1 aliphatic carbocycles. The minimum atomic E-state index is -0.318. The minimum Gasteiger partial charge on any atom is -0.294 e. The molecule has 3 heteroatoms. The van der Waals surface area contributed by atoms with Gasteiger partial charge in [-0.3, -0.25) is 4.79 Å². The van der Waals surface area contributed by atoms with E-state index in [1.54, 1.807) is 12.1 Å². The van der Waals surface area contributed by atoms with E-state index in [2.05, 4.69) is 15.9 Å². The van der Waals surface area contributed by atoms with Crippen LogP contribution in [0.3, 0.4) is 0 Å². The molecule has 0 atom stereocenters. The predicted molar refractivity (Wildman–Crippen MR) is 64.7 cm³/mol. The molecular weight excluding hydrogens is 271 g/mol. The molecule has 0 heterocycles. The van der Waals surface area contributed by atoms with Crippen molar-refractivity contribution in [2.45, 2.75) is 25.7 Å². The van der Waals surface area contributed by atoms with Crippen molar-refractivity contribution < 1.29 is 9.18 Å². The van der Waals surface area contributed by atoms with Gasteiger partial charge in [-0.15, -0.1) is 0 Å². The van der Waals surface area contributed by atoms with E-state index in [-0.39, 0.29) is 18.0 Å². The van der Waals surface area contributed by atoms with Gasteiger partial charge in [0.05, 0.1) is 0 Å². The molecule has 84 valence electrons. The predicted octanol–water partition coefficient (Wildman–Crippen LogP) is 3.81. The van der Waals surface area contributed by atoms with Gasteiger partial charge in [0, 0.05) is 10.9 Å². The smallest absolute Gasteiger partial charge is 0.163 e. The number of ketones is 1. The first-order valence-electron chi connectivity index (χ1n) is 5.33. The van der Waals surface area contributed by atoms with Gasteiger partial charge in [0.25, 0.3) is 0 Å². The summed E-state index contributed by atoms with van der Waals surface area (Å²) in [5.41, 5.74) is 1.34. The number of hydrogen-bond donors (Lipinski definition) is 0. The molecule has 0 aromatic heterocycles. The van der Waals surface area contributed by atoms with Crippen LogP contribution in [0.1, 0.15) is 24.8 Å². The second-order valence-electron chi connectivity index (χ2n) is 3.96. The largest absolute Gasteiger partial charge is 0.294 e. The third-order valence-corrected chi connectivity index (χ3v) is 3.26. The highest BCUT2D eigenvalue weighted by atomic mass is 79.9. The second kappa shape index (κ2) is 4.91. The van der Waals surface area contributed by atoms with E-state index in [0.717, 1.165) is 24.8 Å². The molecule has 0 saturated carbocycles. The average molecular weight is 283 g/mol. The third kappa shape index (κ3) is 2.59. The number of carbonyl (C=O) groups excluding carboxylic acids is 1. The highest BCUT2D eigenvalue weighted by Gasteiger charge is 2.15. The summed E-state index contributed by atoms with van der Waals surface area (Å²) in [4.78, 5) is 11.8. The van der Waals surface area contributed by atoms with Gasteiger partial charge in [0.15, 0.2) is 5.78 Å². The zero-order valence-corrected chi connectivity index (χ0v) is 10.4. The zero-order valence-electron chi connectivity index (χ0n) is 8.80. The number of carbonyl (C=O) groups is 1. The van der Waals surface area contributed by atoms with Crippen LogP contribution < -0.4 is 0 Å². The second-order valence-corrected chi connectivity index (χ2v) is 4.87. The summed E-state index contributed by atoms with van der Waals surface area (Å²) in [6.45, 7) is 0. The Labute approximate surface area is 102 Å². The fraction of sp³-hybridized carbons (Fsp3) is 0.308. The van der Waals surface area contributed by atoms with Crippen molar-refractivity contribution in [3.63, 3.8) is 0 Å². The van der Waals surface area contributed by atoms with Gasteiger partial charge in [-0.2, -0.15) is 0 Å². The molecule has 0 amide bonds. The zero-order chi connectivity index (χ0) is 11.5. The normalized spacial score (nSPS) is 15.0. The van der Waals surface area contributed by atoms with Crippen LogP contribution in [-0.4, -0.2) is 5.78 Å². The quantitative estimate of drug-likeness (QED) is 0.824. The highest BCUT2D eigenvalue weighted by Crippen LogP contribution is 2.21. The van der Waals surface area contributed by atoms with Crippen LogP contribution >= 0.6 is 15.9 Å². The number of Topliss-reactive ketones (excluding diaryl/α,β-unsaturated/α-hetero) is 1. The monoisotopic (exact) mass is 282 g/mol. The Bertz CT molecular complexity index is 451. The molecule has 1 nitrogen and oxygen atoms in total. The van der Waals surface area contributed by atoms with Gasteiger partial charge in [-0.25, -0.2) is 4.39 Å². The van der Waals surface area contributed by atoms with Crippen LogP contribution in [0.4, 0.5) is 4.39 Å². The third-order valence-electron chi connectivity index (χ3n) is 2.77. The maximum atomic E-state index is 13.5. The Kier molecular flexibility index (Phi) is 3.54. The van der Waals surface area contributed by atoms with Crippen molar-refractivity contribution >= 4 is 21.7 Å². The molecule has 0 saturated heterocycles. The standard InChI is InChI=1S/C13H12BrFO/c14-11-6-5-10(12(15)8-11)7-13(16)9-3-1-2-4-9/h3,5-6,8H,1-2,4,7H2. The fourth-order valence-corrected chi connectivity index (χ4v) is 2.21. The van der Waals surface area contributed by atoms with Crippen molar-refractivity contribution in [1.82, 2.24) is 0 Å². The van der Waals surface area contributed by atoms with Gasteiger partial charge in [-0.1, -0.05) is 28.1 Å². The van der Waals surface area contributed by atoms with Gasteiger partial charge in [0.2, 0.25) is 0 Å². The summed E-state index contributed by atoms with van der Waals surface area (Å²) >= 11 is 3.19. The van der Waals surface area contributed by atoms with Gasteiger partial charge in [0.1, 0.15) is 5.82 Å². The lowest BCUT2D eigenvalue weighted by atomic mass is 10.0. The topological polar surface area (TPSA) is 17.1 Å². The number of benzene rings is 1. The lowest BCUT2D eigenvalue weighted by Gasteiger charge is -2.04. The number of allylic oxidation sites excluding steroid dienone is 2. The summed E-state index contributed by atoms with van der Waals surface area (Å²) < 4.78 is 14.2. The molecule has 1 aromatic carbocycles. The van der Waals surface area contributed by atoms with E-state index >= 15 is 0 Å². The summed E-state index contributed by atoms with van der Waals surface area (Å²) in [5.74, 6) is -0.264. The molecule has 1 aliphatic rings. The number of halogens is 2. The van der Waals surface area contributed by atoms with Crippen molar-refractivity contribution in [1.29, 1.82) is 0 Å². The van der Waals surface area contributed by atoms with E-state index in [0.29, 0.717) is 10.0 Å². The summed E-state index contributed by atoms with van der Waals surface area (Å²) in [6.07, 6.45) is 5.01. The molecule has 0 fully saturated rings. The van der Waals surface area contributed by atoms with Crippen molar-refractivity contribution in [2.24, 2.45) is 0 Å². The molecule has 0 radical (unpaired) electrons. The maximum absolute atomic E-state index is 13.5. The number of hydrogen-bond acceptors (Lipinski definition) is 1. The van der Waals surface area contributed by atoms with E-state index in [1.165, 1.54) is 6.07 Å². The summed E-state index contributed by atoms with van der Waals surface area (Å²) in [5, 5.41) is 0. The van der Waals surface area contributed by atoms with E-state index in [1.807, 2.05) is 6.08 Å². The van der Waals surface area contributed by atoms with Crippen LogP contribution in [0, 0.1) is 5.82 Å². The molecule has 2 rings (SSSR count). The van der Waals surface area contributed by atoms with Crippen molar-refractivity contribution in [3.8, 4) is 0 Å². The van der Waals surface area contributed by atoms with E-state index in [4.69, 9.17) is 0 Å². The highest BCUT2D eigenvalue weighted by molar-refractivity contribution is 9.10. The Hall–Kier alpha value is -0.960. The first-order chi connectivity index (χ1) is 7.66. The van der Waals surface area contributed by atoms with Crippen LogP contribution in [0.5, 0.6) is 0 Å². The summed E-state index contributed by atoms with van der Waals surface area (Å²) in [6, 6.07) is 4.81. The van der Waals surface area contributed by atoms with Gasteiger partial charge >= 0.3 is 0 Å². The van der Waals surface area contributed by atoms with Crippen LogP contribution in [-0.2, 0) is 11.2 Å². The SMILES string of the molecule is O=C(Cc1ccc(Br)cc1F)C1=CCCC1. The average Bonchev–Trinajstić information content (AvgIpc) is 2.75. The van der Waals surface area contributed by atoms with E-state index < -0.39 is 0 Å². The van der Waals surface area contributed by atoms with Crippen LogP contribution in [0.25, 0.3) is 0 Å². The lowest BCUT2D eigenvalue weighted by molar-refractivity contribution is -0.115. The molecule has 0 bridgehead atoms. The van der Waals surface area contributed by atoms with Gasteiger partial charge in [-0.05, 0) is 42.5 Å². The van der Waals surface area contributed by atoms with Crippen LogP contribution in [0.2, 0.25) is 0 Å². The van der Waals surface area contributed by atoms with Crippen molar-refractivity contribution in [2.75, 3.05) is 0 Å². The molecular formula is C13H12BrFO. The Morgan fingerprint density at radius 2 is 2.25 bits per heavy atom. The minimum absolute atomic E-state index is 0.0544. The van der Waals surface area contributed by atoms with Crippen LogP contribution in [0.15, 0.2) is 34.3 Å². The molecule has 0 aliphatic heterocycles. The first-order valence-corrected chi connectivity index (χ1v) is 6.12. The molecule has 1 aromatic rings. The molecule has 0 N–H and O–H groups in total. The molecule has 16 heavy (non-hydrogen) atoms. The van der Waals surface area contributed by atoms with Gasteiger partial charge < -0.3 is 0 Å². The van der Waals surface area contributed by atoms with E-state index in [9.17, 15) is 9.18 Å². The first kappa shape index (κ1) is 11.5. The fourth-order valence-electron chi connectivity index (χ4n) is 1.88. The Morgan fingerprint density at radius 1 is 1.44 bits per heavy atom.